The summed E-state index contributed by atoms with van der Waals surface area (Å²) in [6.07, 6.45) is 3.24. The van der Waals surface area contributed by atoms with Crippen LogP contribution in [0.25, 0.3) is 0 Å². The molecule has 5 nitrogen and oxygen atoms in total. The smallest absolute Gasteiger partial charge is 0.243 e. The Morgan fingerprint density at radius 3 is 2.81 bits per heavy atom. The predicted octanol–water partition coefficient (Wildman–Crippen LogP) is 2.25. The van der Waals surface area contributed by atoms with Gasteiger partial charge in [-0.05, 0) is 37.0 Å². The van der Waals surface area contributed by atoms with Crippen molar-refractivity contribution >= 4 is 31.6 Å². The molecule has 7 heteroatoms. The molecule has 0 bridgehead atoms. The molecular formula is C14H21BrN2O3S. The zero-order valence-electron chi connectivity index (χ0n) is 12.0. The molecule has 1 aromatic carbocycles. The molecule has 118 valence electrons. The second-order valence-corrected chi connectivity index (χ2v) is 8.49. The number of sulfonamides is 1. The summed E-state index contributed by atoms with van der Waals surface area (Å²) < 4.78 is 28.6. The Morgan fingerprint density at radius 1 is 1.52 bits per heavy atom. The van der Waals surface area contributed by atoms with Gasteiger partial charge in [0.05, 0.1) is 17.8 Å². The van der Waals surface area contributed by atoms with Crippen LogP contribution in [0.2, 0.25) is 0 Å². The van der Waals surface area contributed by atoms with Gasteiger partial charge in [0, 0.05) is 4.47 Å². The number of nitrogen functional groups attached to an aromatic ring is 1. The van der Waals surface area contributed by atoms with E-state index < -0.39 is 15.6 Å². The van der Waals surface area contributed by atoms with E-state index >= 15 is 0 Å². The maximum atomic E-state index is 12.6. The fraction of sp³-hybridized carbons (Fsp3) is 0.571. The molecule has 2 unspecified atom stereocenters. The minimum atomic E-state index is -3.76. The van der Waals surface area contributed by atoms with E-state index in [0.717, 1.165) is 17.3 Å². The Labute approximate surface area is 134 Å². The number of aliphatic hydroxyl groups excluding tert-OH is 1. The summed E-state index contributed by atoms with van der Waals surface area (Å²) >= 11 is 3.26. The Hall–Kier alpha value is -0.630. The number of anilines is 1. The van der Waals surface area contributed by atoms with Gasteiger partial charge in [0.2, 0.25) is 10.0 Å². The predicted molar refractivity (Wildman–Crippen MR) is 86.3 cm³/mol. The molecule has 1 aliphatic rings. The zero-order chi connectivity index (χ0) is 15.7. The van der Waals surface area contributed by atoms with E-state index in [2.05, 4.69) is 27.6 Å². The number of nitrogens with one attached hydrogen (secondary N) is 1. The van der Waals surface area contributed by atoms with E-state index in [1.807, 2.05) is 0 Å². The second-order valence-electron chi connectivity index (χ2n) is 5.93. The molecule has 0 saturated heterocycles. The van der Waals surface area contributed by atoms with E-state index in [-0.39, 0.29) is 17.2 Å². The molecule has 0 spiro atoms. The lowest BCUT2D eigenvalue weighted by molar-refractivity contribution is 0.120. The summed E-state index contributed by atoms with van der Waals surface area (Å²) in [5.74, 6) is 0.385. The number of rotatable bonds is 4. The van der Waals surface area contributed by atoms with Gasteiger partial charge in [-0.1, -0.05) is 35.7 Å². The normalized spacial score (nSPS) is 26.7. The fourth-order valence-corrected chi connectivity index (χ4v) is 4.96. The molecule has 0 aromatic heterocycles. The van der Waals surface area contributed by atoms with Crippen LogP contribution in [0.3, 0.4) is 0 Å². The van der Waals surface area contributed by atoms with E-state index in [4.69, 9.17) is 5.73 Å². The average molecular weight is 377 g/mol. The van der Waals surface area contributed by atoms with E-state index in [1.165, 1.54) is 6.07 Å². The highest BCUT2D eigenvalue weighted by atomic mass is 79.9. The first kappa shape index (κ1) is 16.7. The molecule has 0 amide bonds. The van der Waals surface area contributed by atoms with Crippen LogP contribution >= 0.6 is 15.9 Å². The van der Waals surface area contributed by atoms with Crippen molar-refractivity contribution in [1.82, 2.24) is 4.72 Å². The van der Waals surface area contributed by atoms with E-state index in [1.54, 1.807) is 12.1 Å². The minimum absolute atomic E-state index is 0.0525. The van der Waals surface area contributed by atoms with Crippen molar-refractivity contribution in [1.29, 1.82) is 0 Å². The third-order valence-corrected chi connectivity index (χ3v) is 6.15. The first-order valence-corrected chi connectivity index (χ1v) is 9.25. The number of hydrogen-bond donors (Lipinski definition) is 3. The Balaban J connectivity index is 2.31. The first-order valence-electron chi connectivity index (χ1n) is 6.98. The molecular weight excluding hydrogens is 356 g/mol. The number of nitrogens with two attached hydrogens (primary N) is 1. The van der Waals surface area contributed by atoms with Gasteiger partial charge in [-0.3, -0.25) is 0 Å². The zero-order valence-corrected chi connectivity index (χ0v) is 14.4. The van der Waals surface area contributed by atoms with E-state index in [9.17, 15) is 13.5 Å². The molecule has 21 heavy (non-hydrogen) atoms. The van der Waals surface area contributed by atoms with Crippen LogP contribution in [-0.2, 0) is 10.0 Å². The van der Waals surface area contributed by atoms with Crippen LogP contribution in [0, 0.1) is 5.92 Å². The Kier molecular flexibility index (Phi) is 4.97. The van der Waals surface area contributed by atoms with Crippen LogP contribution in [-0.4, -0.2) is 25.7 Å². The van der Waals surface area contributed by atoms with Crippen LogP contribution in [0.5, 0.6) is 0 Å². The van der Waals surface area contributed by atoms with Gasteiger partial charge in [-0.25, -0.2) is 13.1 Å². The lowest BCUT2D eigenvalue weighted by Crippen LogP contribution is -2.53. The first-order chi connectivity index (χ1) is 9.78. The Morgan fingerprint density at radius 2 is 2.24 bits per heavy atom. The molecule has 1 aliphatic carbocycles. The van der Waals surface area contributed by atoms with Gasteiger partial charge in [-0.15, -0.1) is 0 Å². The second kappa shape index (κ2) is 6.24. The third kappa shape index (κ3) is 3.77. The van der Waals surface area contributed by atoms with Crippen LogP contribution in [0.15, 0.2) is 27.6 Å². The summed E-state index contributed by atoms with van der Waals surface area (Å²) in [6.45, 7) is 1.87. The molecule has 0 heterocycles. The molecule has 0 radical (unpaired) electrons. The molecule has 2 rings (SSSR count). The molecule has 1 saturated carbocycles. The minimum Gasteiger partial charge on any atom is -0.398 e. The summed E-state index contributed by atoms with van der Waals surface area (Å²) in [5, 5.41) is 9.72. The summed E-state index contributed by atoms with van der Waals surface area (Å²) in [7, 11) is -3.76. The number of benzene rings is 1. The van der Waals surface area contributed by atoms with Gasteiger partial charge in [0.15, 0.2) is 0 Å². The SMILES string of the molecule is CC1CCCC(CO)(NS(=O)(=O)c2ccc(Br)cc2N)C1. The van der Waals surface area contributed by atoms with Gasteiger partial charge in [0.1, 0.15) is 4.90 Å². The van der Waals surface area contributed by atoms with Crippen LogP contribution in [0.4, 0.5) is 5.69 Å². The van der Waals surface area contributed by atoms with Crippen molar-refractivity contribution in [2.24, 2.45) is 5.92 Å². The lowest BCUT2D eigenvalue weighted by Gasteiger charge is -2.39. The van der Waals surface area contributed by atoms with Gasteiger partial charge in [-0.2, -0.15) is 0 Å². The highest BCUT2D eigenvalue weighted by Crippen LogP contribution is 2.34. The van der Waals surface area contributed by atoms with Gasteiger partial charge in [0.25, 0.3) is 0 Å². The average Bonchev–Trinajstić information content (AvgIpc) is 2.37. The topological polar surface area (TPSA) is 92.4 Å². The highest BCUT2D eigenvalue weighted by molar-refractivity contribution is 9.10. The number of aliphatic hydroxyl groups is 1. The summed E-state index contributed by atoms with van der Waals surface area (Å²) in [6, 6.07) is 4.67. The van der Waals surface area contributed by atoms with Crippen molar-refractivity contribution in [2.45, 2.75) is 43.0 Å². The van der Waals surface area contributed by atoms with Gasteiger partial charge >= 0.3 is 0 Å². The standard InChI is InChI=1S/C14H21BrN2O3S/c1-10-3-2-6-14(8-10,9-18)17-21(19,20)13-5-4-11(15)7-12(13)16/h4-5,7,10,17-18H,2-3,6,8-9,16H2,1H3. The monoisotopic (exact) mass is 376 g/mol. The summed E-state index contributed by atoms with van der Waals surface area (Å²) in [4.78, 5) is 0.0525. The Bertz CT molecular complexity index is 621. The number of hydrogen-bond acceptors (Lipinski definition) is 4. The maximum absolute atomic E-state index is 12.6. The van der Waals surface area contributed by atoms with Gasteiger partial charge < -0.3 is 10.8 Å². The highest BCUT2D eigenvalue weighted by Gasteiger charge is 2.38. The van der Waals surface area contributed by atoms with E-state index in [0.29, 0.717) is 18.8 Å². The van der Waals surface area contributed by atoms with Crippen LogP contribution in [0.1, 0.15) is 32.6 Å². The maximum Gasteiger partial charge on any atom is 0.243 e. The van der Waals surface area contributed by atoms with Crippen molar-refractivity contribution in [3.8, 4) is 0 Å². The van der Waals surface area contributed by atoms with Crippen molar-refractivity contribution in [2.75, 3.05) is 12.3 Å². The van der Waals surface area contributed by atoms with Crippen molar-refractivity contribution in [3.63, 3.8) is 0 Å². The largest absolute Gasteiger partial charge is 0.398 e. The lowest BCUT2D eigenvalue weighted by atomic mass is 9.78. The fourth-order valence-electron chi connectivity index (χ4n) is 3.03. The summed E-state index contributed by atoms with van der Waals surface area (Å²) in [5.41, 5.74) is 5.22. The van der Waals surface area contributed by atoms with Crippen molar-refractivity contribution < 1.29 is 13.5 Å². The molecule has 4 N–H and O–H groups in total. The third-order valence-electron chi connectivity index (χ3n) is 4.01. The molecule has 1 fully saturated rings. The molecule has 2 atom stereocenters. The number of halogens is 1. The molecule has 0 aliphatic heterocycles. The van der Waals surface area contributed by atoms with Crippen molar-refractivity contribution in [3.05, 3.63) is 22.7 Å². The van der Waals surface area contributed by atoms with Crippen LogP contribution < -0.4 is 10.5 Å². The quantitative estimate of drug-likeness (QED) is 0.702. The molecule has 1 aromatic rings.